The monoisotopic (exact) mass is 507 g/mol. The molecule has 3 aromatic rings. The van der Waals surface area contributed by atoms with Crippen LogP contribution in [-0.4, -0.2) is 73.9 Å². The van der Waals surface area contributed by atoms with Crippen molar-refractivity contribution < 1.29 is 23.8 Å². The molecular weight excluding hydrogens is 481 g/mol. The van der Waals surface area contributed by atoms with Gasteiger partial charge in [-0.1, -0.05) is 0 Å². The highest BCUT2D eigenvalue weighted by molar-refractivity contribution is 5.80. The Kier molecular flexibility index (Phi) is 8.05. The highest BCUT2D eigenvalue weighted by atomic mass is 19.1. The van der Waals surface area contributed by atoms with Gasteiger partial charge in [0.05, 0.1) is 30.6 Å². The van der Waals surface area contributed by atoms with Gasteiger partial charge in [-0.05, 0) is 38.1 Å². The van der Waals surface area contributed by atoms with Gasteiger partial charge in [-0.15, -0.1) is 0 Å². The Hall–Kier alpha value is -4.37. The van der Waals surface area contributed by atoms with Crippen molar-refractivity contribution in [2.24, 2.45) is 0 Å². The molecule has 0 radical (unpaired) electrons. The van der Waals surface area contributed by atoms with Crippen LogP contribution in [0.3, 0.4) is 0 Å². The van der Waals surface area contributed by atoms with Gasteiger partial charge in [-0.2, -0.15) is 10.2 Å². The number of amides is 1. The summed E-state index contributed by atoms with van der Waals surface area (Å²) in [7, 11) is 0. The number of pyridine rings is 1. The maximum absolute atomic E-state index is 14.7. The SMILES string of the molecule is CCOc1ccc(Nc2ncnc(-c3ccc(O[C@H]4CCN(C(=O)[C@H](C)O)C[C@H]4F)c(C#N)c3)n2)cn1. The predicted octanol–water partition coefficient (Wildman–Crippen LogP) is 2.65. The molecule has 4 rings (SSSR count). The number of aliphatic hydroxyl groups is 1. The first-order valence-electron chi connectivity index (χ1n) is 11.7. The average molecular weight is 508 g/mol. The lowest BCUT2D eigenvalue weighted by Crippen LogP contribution is -2.51. The molecule has 2 aromatic heterocycles. The number of nitrogens with one attached hydrogen (secondary N) is 1. The molecule has 3 heterocycles. The van der Waals surface area contributed by atoms with Crippen LogP contribution < -0.4 is 14.8 Å². The number of nitrogens with zero attached hydrogens (tertiary/aromatic N) is 6. The number of benzene rings is 1. The van der Waals surface area contributed by atoms with Crippen molar-refractivity contribution in [3.05, 3.63) is 48.4 Å². The maximum atomic E-state index is 14.7. The zero-order valence-corrected chi connectivity index (χ0v) is 20.3. The first-order chi connectivity index (χ1) is 17.9. The molecule has 2 N–H and O–H groups in total. The standard InChI is InChI=1S/C25H26FN7O4/c1-3-36-22-7-5-18(12-28-22)31-25-30-14-29-23(32-25)16-4-6-20(17(10-16)11-27)37-21-8-9-33(13-19(21)26)24(35)15(2)34/h4-7,10,12,14-15,19,21,34H,3,8-9,13H2,1-2H3,(H,29,30,31,32)/t15-,19+,21-/m0/s1. The number of ether oxygens (including phenoxy) is 2. The molecule has 1 amide bonds. The van der Waals surface area contributed by atoms with Crippen LogP contribution in [0.1, 0.15) is 25.8 Å². The molecule has 0 saturated carbocycles. The van der Waals surface area contributed by atoms with Crippen molar-refractivity contribution in [3.63, 3.8) is 0 Å². The molecule has 12 heteroatoms. The zero-order chi connectivity index (χ0) is 26.4. The molecule has 37 heavy (non-hydrogen) atoms. The number of piperidine rings is 1. The molecule has 1 aliphatic heterocycles. The Morgan fingerprint density at radius 3 is 2.84 bits per heavy atom. The van der Waals surface area contributed by atoms with Crippen molar-refractivity contribution >= 4 is 17.5 Å². The molecule has 3 atom stereocenters. The van der Waals surface area contributed by atoms with Gasteiger partial charge in [-0.25, -0.2) is 19.3 Å². The number of carbonyl (C=O) groups excluding carboxylic acids is 1. The van der Waals surface area contributed by atoms with E-state index in [0.717, 1.165) is 0 Å². The summed E-state index contributed by atoms with van der Waals surface area (Å²) in [4.78, 5) is 30.1. The molecule has 0 spiro atoms. The summed E-state index contributed by atoms with van der Waals surface area (Å²) in [6.45, 7) is 3.81. The number of aliphatic hydroxyl groups excluding tert-OH is 1. The Bertz CT molecular complexity index is 1280. The third-order valence-corrected chi connectivity index (χ3v) is 5.64. The fourth-order valence-electron chi connectivity index (χ4n) is 3.81. The summed E-state index contributed by atoms with van der Waals surface area (Å²) in [6.07, 6.45) is -0.305. The third-order valence-electron chi connectivity index (χ3n) is 5.64. The number of carbonyl (C=O) groups is 1. The molecule has 0 aliphatic carbocycles. The van der Waals surface area contributed by atoms with Crippen molar-refractivity contribution in [1.29, 1.82) is 5.26 Å². The summed E-state index contributed by atoms with van der Waals surface area (Å²) < 4.78 is 25.9. The Morgan fingerprint density at radius 2 is 2.16 bits per heavy atom. The second-order valence-corrected chi connectivity index (χ2v) is 8.32. The normalized spacial score (nSPS) is 18.0. The zero-order valence-electron chi connectivity index (χ0n) is 20.3. The molecule has 11 nitrogen and oxygen atoms in total. The molecule has 1 fully saturated rings. The maximum Gasteiger partial charge on any atom is 0.251 e. The summed E-state index contributed by atoms with van der Waals surface area (Å²) in [5.74, 6) is 0.824. The minimum atomic E-state index is -1.46. The minimum absolute atomic E-state index is 0.182. The van der Waals surface area contributed by atoms with Crippen LogP contribution in [0.4, 0.5) is 16.0 Å². The second-order valence-electron chi connectivity index (χ2n) is 8.32. The largest absolute Gasteiger partial charge is 0.486 e. The number of likely N-dealkylation sites (tertiary alicyclic amines) is 1. The number of alkyl halides is 1. The summed E-state index contributed by atoms with van der Waals surface area (Å²) in [6, 6.07) is 10.4. The summed E-state index contributed by atoms with van der Waals surface area (Å²) in [5.41, 5.74) is 1.40. The number of rotatable bonds is 8. The van der Waals surface area contributed by atoms with Gasteiger partial charge in [0.15, 0.2) is 12.0 Å². The molecule has 1 saturated heterocycles. The number of aromatic nitrogens is 4. The van der Waals surface area contributed by atoms with Gasteiger partial charge in [0.1, 0.15) is 30.4 Å². The van der Waals surface area contributed by atoms with Crippen molar-refractivity contribution in [2.75, 3.05) is 25.0 Å². The molecule has 0 bridgehead atoms. The second kappa shape index (κ2) is 11.6. The van der Waals surface area contributed by atoms with E-state index in [-0.39, 0.29) is 36.8 Å². The van der Waals surface area contributed by atoms with Crippen LogP contribution >= 0.6 is 0 Å². The van der Waals surface area contributed by atoms with Crippen LogP contribution in [0.5, 0.6) is 11.6 Å². The van der Waals surface area contributed by atoms with E-state index in [2.05, 4.69) is 31.3 Å². The van der Waals surface area contributed by atoms with E-state index in [1.54, 1.807) is 36.5 Å². The molecular formula is C25H26FN7O4. The highest BCUT2D eigenvalue weighted by Gasteiger charge is 2.34. The van der Waals surface area contributed by atoms with E-state index in [9.17, 15) is 19.6 Å². The number of halogens is 1. The van der Waals surface area contributed by atoms with Crippen molar-refractivity contribution in [1.82, 2.24) is 24.8 Å². The lowest BCUT2D eigenvalue weighted by atomic mass is 10.0. The van der Waals surface area contributed by atoms with E-state index in [1.807, 2.05) is 6.92 Å². The predicted molar refractivity (Wildman–Crippen MR) is 131 cm³/mol. The van der Waals surface area contributed by atoms with E-state index >= 15 is 0 Å². The minimum Gasteiger partial charge on any atom is -0.486 e. The Balaban J connectivity index is 1.46. The average Bonchev–Trinajstić information content (AvgIpc) is 2.91. The van der Waals surface area contributed by atoms with Crippen LogP contribution in [0.2, 0.25) is 0 Å². The molecule has 1 aromatic carbocycles. The first kappa shape index (κ1) is 25.7. The van der Waals surface area contributed by atoms with Gasteiger partial charge in [0.25, 0.3) is 5.91 Å². The van der Waals surface area contributed by atoms with Crippen LogP contribution in [0.15, 0.2) is 42.9 Å². The van der Waals surface area contributed by atoms with Gasteiger partial charge < -0.3 is 24.8 Å². The van der Waals surface area contributed by atoms with E-state index in [0.29, 0.717) is 29.6 Å². The van der Waals surface area contributed by atoms with Crippen molar-refractivity contribution in [2.45, 2.75) is 38.6 Å². The van der Waals surface area contributed by atoms with Gasteiger partial charge in [-0.3, -0.25) is 4.79 Å². The number of hydrogen-bond acceptors (Lipinski definition) is 10. The van der Waals surface area contributed by atoms with Crippen LogP contribution in [0.25, 0.3) is 11.4 Å². The molecule has 0 unspecified atom stereocenters. The quantitative estimate of drug-likeness (QED) is 0.466. The summed E-state index contributed by atoms with van der Waals surface area (Å²) in [5, 5.41) is 22.2. The Morgan fingerprint density at radius 1 is 1.32 bits per heavy atom. The lowest BCUT2D eigenvalue weighted by Gasteiger charge is -2.35. The van der Waals surface area contributed by atoms with Crippen LogP contribution in [0, 0.1) is 11.3 Å². The molecule has 1 aliphatic rings. The highest BCUT2D eigenvalue weighted by Crippen LogP contribution is 2.28. The number of hydrogen-bond donors (Lipinski definition) is 2. The smallest absolute Gasteiger partial charge is 0.251 e. The number of nitriles is 1. The first-order valence-corrected chi connectivity index (χ1v) is 11.7. The third kappa shape index (κ3) is 6.25. The summed E-state index contributed by atoms with van der Waals surface area (Å²) >= 11 is 0. The van der Waals surface area contributed by atoms with Crippen molar-refractivity contribution in [3.8, 4) is 29.1 Å². The van der Waals surface area contributed by atoms with Gasteiger partial charge in [0.2, 0.25) is 11.8 Å². The lowest BCUT2D eigenvalue weighted by molar-refractivity contribution is -0.143. The fourth-order valence-corrected chi connectivity index (χ4v) is 3.81. The van der Waals surface area contributed by atoms with E-state index < -0.39 is 24.3 Å². The Labute approximate surface area is 212 Å². The molecule has 192 valence electrons. The van der Waals surface area contributed by atoms with Crippen LogP contribution in [-0.2, 0) is 4.79 Å². The van der Waals surface area contributed by atoms with E-state index in [1.165, 1.54) is 18.2 Å². The van der Waals surface area contributed by atoms with Gasteiger partial charge in [0, 0.05) is 24.6 Å². The van der Waals surface area contributed by atoms with Gasteiger partial charge >= 0.3 is 0 Å². The number of anilines is 2. The topological polar surface area (TPSA) is 146 Å². The van der Waals surface area contributed by atoms with E-state index in [4.69, 9.17) is 9.47 Å². The fraction of sp³-hybridized carbons (Fsp3) is 0.360.